The van der Waals surface area contributed by atoms with Crippen molar-refractivity contribution < 1.29 is 18.7 Å². The minimum absolute atomic E-state index is 0.0887. The van der Waals surface area contributed by atoms with Crippen molar-refractivity contribution in [2.24, 2.45) is 17.8 Å². The SMILES string of the molecule is CN1CCC(F)(F)c2cc(N3C[C@@H]4C(CC(=O)O)[C@@H]4C3)nc(N3CCC3)c21. The van der Waals surface area contributed by atoms with Crippen LogP contribution in [0, 0.1) is 17.8 Å². The number of piperidine rings is 1. The molecule has 8 heteroatoms. The number of nitrogens with zero attached hydrogens (tertiary/aromatic N) is 4. The molecule has 27 heavy (non-hydrogen) atoms. The second-order valence-corrected chi connectivity index (χ2v) is 8.41. The first-order valence-electron chi connectivity index (χ1n) is 9.71. The fourth-order valence-corrected chi connectivity index (χ4v) is 4.97. The summed E-state index contributed by atoms with van der Waals surface area (Å²) in [4.78, 5) is 21.8. The molecule has 1 aliphatic carbocycles. The molecule has 146 valence electrons. The van der Waals surface area contributed by atoms with Gasteiger partial charge in [-0.1, -0.05) is 0 Å². The van der Waals surface area contributed by atoms with E-state index in [1.54, 1.807) is 6.07 Å². The molecule has 0 spiro atoms. The highest BCUT2D eigenvalue weighted by atomic mass is 19.3. The highest BCUT2D eigenvalue weighted by molar-refractivity contribution is 5.77. The Hall–Kier alpha value is -2.12. The molecule has 5 rings (SSSR count). The average molecular weight is 378 g/mol. The van der Waals surface area contributed by atoms with Gasteiger partial charge in [0.2, 0.25) is 0 Å². The lowest BCUT2D eigenvalue weighted by molar-refractivity contribution is -0.137. The van der Waals surface area contributed by atoms with Gasteiger partial charge >= 0.3 is 5.97 Å². The minimum Gasteiger partial charge on any atom is -0.481 e. The molecule has 3 aliphatic heterocycles. The van der Waals surface area contributed by atoms with Gasteiger partial charge in [0.05, 0.1) is 11.3 Å². The summed E-state index contributed by atoms with van der Waals surface area (Å²) >= 11 is 0. The molecule has 3 atom stereocenters. The van der Waals surface area contributed by atoms with Crippen molar-refractivity contribution in [3.8, 4) is 0 Å². The lowest BCUT2D eigenvalue weighted by atomic mass is 9.97. The summed E-state index contributed by atoms with van der Waals surface area (Å²) in [5.41, 5.74) is 0.661. The van der Waals surface area contributed by atoms with Crippen LogP contribution in [0.25, 0.3) is 0 Å². The second kappa shape index (κ2) is 5.69. The first-order chi connectivity index (χ1) is 12.8. The smallest absolute Gasteiger partial charge is 0.303 e. The van der Waals surface area contributed by atoms with Crippen molar-refractivity contribution in [1.29, 1.82) is 0 Å². The van der Waals surface area contributed by atoms with E-state index in [0.29, 0.717) is 35.7 Å². The van der Waals surface area contributed by atoms with E-state index >= 15 is 0 Å². The largest absolute Gasteiger partial charge is 0.481 e. The number of hydrogen-bond acceptors (Lipinski definition) is 5. The van der Waals surface area contributed by atoms with Gasteiger partial charge in [0, 0.05) is 52.6 Å². The van der Waals surface area contributed by atoms with E-state index in [1.165, 1.54) is 0 Å². The Morgan fingerprint density at radius 3 is 2.56 bits per heavy atom. The Morgan fingerprint density at radius 2 is 1.96 bits per heavy atom. The topological polar surface area (TPSA) is 59.9 Å². The molecule has 1 aromatic rings. The lowest BCUT2D eigenvalue weighted by Crippen LogP contribution is -2.42. The van der Waals surface area contributed by atoms with Crippen LogP contribution in [0.3, 0.4) is 0 Å². The average Bonchev–Trinajstić information content (AvgIpc) is 3.00. The standard InChI is InChI=1S/C19H24F2N4O2/c1-23-6-3-19(20,21)14-8-15(22-18(17(14)23)24-4-2-5-24)25-9-12-11(7-16(26)27)13(12)10-25/h8,11-13H,2-7,9-10H2,1H3,(H,26,27)/t11?,12-,13+. The fraction of sp³-hybridized carbons (Fsp3) is 0.684. The van der Waals surface area contributed by atoms with Crippen molar-refractivity contribution in [3.63, 3.8) is 0 Å². The van der Waals surface area contributed by atoms with Crippen LogP contribution in [-0.4, -0.2) is 55.8 Å². The number of rotatable bonds is 4. The summed E-state index contributed by atoms with van der Waals surface area (Å²) in [7, 11) is 1.86. The molecule has 1 N–H and O–H groups in total. The summed E-state index contributed by atoms with van der Waals surface area (Å²) in [5, 5.41) is 8.99. The van der Waals surface area contributed by atoms with Gasteiger partial charge in [0.15, 0.2) is 5.82 Å². The van der Waals surface area contributed by atoms with Gasteiger partial charge in [0.1, 0.15) is 5.82 Å². The number of pyridine rings is 1. The van der Waals surface area contributed by atoms with E-state index < -0.39 is 11.9 Å². The number of aromatic nitrogens is 1. The molecule has 2 saturated heterocycles. The number of alkyl halides is 2. The van der Waals surface area contributed by atoms with Gasteiger partial charge in [-0.05, 0) is 30.2 Å². The van der Waals surface area contributed by atoms with Gasteiger partial charge in [-0.25, -0.2) is 13.8 Å². The van der Waals surface area contributed by atoms with Gasteiger partial charge < -0.3 is 19.8 Å². The fourth-order valence-electron chi connectivity index (χ4n) is 4.97. The highest BCUT2D eigenvalue weighted by Gasteiger charge is 2.56. The molecule has 0 amide bonds. The minimum atomic E-state index is -2.84. The first kappa shape index (κ1) is 17.0. The number of fused-ring (bicyclic) bond motifs is 2. The van der Waals surface area contributed by atoms with Crippen LogP contribution in [0.1, 0.15) is 24.8 Å². The molecule has 1 unspecified atom stereocenters. The number of hydrogen-bond donors (Lipinski definition) is 1. The Kier molecular flexibility index (Phi) is 3.58. The molecule has 4 heterocycles. The normalized spacial score (nSPS) is 30.6. The van der Waals surface area contributed by atoms with Gasteiger partial charge in [-0.2, -0.15) is 0 Å². The van der Waals surface area contributed by atoms with Crippen molar-refractivity contribution in [2.45, 2.75) is 25.2 Å². The third kappa shape index (κ3) is 2.63. The molecular weight excluding hydrogens is 354 g/mol. The molecule has 0 radical (unpaired) electrons. The van der Waals surface area contributed by atoms with Gasteiger partial charge in [-0.3, -0.25) is 4.79 Å². The van der Waals surface area contributed by atoms with E-state index in [2.05, 4.69) is 9.80 Å². The predicted octanol–water partition coefficient (Wildman–Crippen LogP) is 2.38. The Morgan fingerprint density at radius 1 is 1.26 bits per heavy atom. The summed E-state index contributed by atoms with van der Waals surface area (Å²) in [5.74, 6) is -1.35. The molecule has 1 aromatic heterocycles. The van der Waals surface area contributed by atoms with E-state index in [1.807, 2.05) is 11.9 Å². The molecular formula is C19H24F2N4O2. The van der Waals surface area contributed by atoms with E-state index in [4.69, 9.17) is 10.1 Å². The number of aliphatic carboxylic acids is 1. The molecule has 4 aliphatic rings. The van der Waals surface area contributed by atoms with Gasteiger partial charge in [-0.15, -0.1) is 0 Å². The number of carboxylic acids is 1. The van der Waals surface area contributed by atoms with Crippen molar-refractivity contribution in [3.05, 3.63) is 11.6 Å². The molecule has 0 aromatic carbocycles. The Labute approximate surface area is 156 Å². The third-order valence-electron chi connectivity index (χ3n) is 6.76. The van der Waals surface area contributed by atoms with E-state index in [9.17, 15) is 13.6 Å². The van der Waals surface area contributed by atoms with Crippen LogP contribution >= 0.6 is 0 Å². The van der Waals surface area contributed by atoms with Crippen molar-refractivity contribution in [2.75, 3.05) is 54.5 Å². The Balaban J connectivity index is 1.47. The lowest BCUT2D eigenvalue weighted by Gasteiger charge is -2.40. The summed E-state index contributed by atoms with van der Waals surface area (Å²) in [6, 6.07) is 1.57. The molecule has 3 fully saturated rings. The number of anilines is 3. The Bertz CT molecular complexity index is 786. The van der Waals surface area contributed by atoms with Crippen LogP contribution in [0.5, 0.6) is 0 Å². The van der Waals surface area contributed by atoms with Crippen LogP contribution in [0.4, 0.5) is 26.1 Å². The molecule has 0 bridgehead atoms. The second-order valence-electron chi connectivity index (χ2n) is 8.41. The van der Waals surface area contributed by atoms with Crippen LogP contribution < -0.4 is 14.7 Å². The number of carbonyl (C=O) groups is 1. The molecule has 1 saturated carbocycles. The third-order valence-corrected chi connectivity index (χ3v) is 6.76. The maximum atomic E-state index is 14.7. The number of halogens is 2. The van der Waals surface area contributed by atoms with E-state index in [0.717, 1.165) is 32.6 Å². The quantitative estimate of drug-likeness (QED) is 0.868. The van der Waals surface area contributed by atoms with Crippen molar-refractivity contribution in [1.82, 2.24) is 4.98 Å². The van der Waals surface area contributed by atoms with E-state index in [-0.39, 0.29) is 24.3 Å². The summed E-state index contributed by atoms with van der Waals surface area (Å²) in [6.07, 6.45) is 1.10. The maximum Gasteiger partial charge on any atom is 0.303 e. The molecule has 6 nitrogen and oxygen atoms in total. The zero-order chi connectivity index (χ0) is 18.9. The highest BCUT2D eigenvalue weighted by Crippen LogP contribution is 2.55. The zero-order valence-corrected chi connectivity index (χ0v) is 15.4. The summed E-state index contributed by atoms with van der Waals surface area (Å²) < 4.78 is 29.5. The predicted molar refractivity (Wildman–Crippen MR) is 97.8 cm³/mol. The van der Waals surface area contributed by atoms with Crippen LogP contribution in [0.2, 0.25) is 0 Å². The van der Waals surface area contributed by atoms with Crippen LogP contribution in [-0.2, 0) is 10.7 Å². The van der Waals surface area contributed by atoms with Crippen molar-refractivity contribution >= 4 is 23.3 Å². The monoisotopic (exact) mass is 378 g/mol. The zero-order valence-electron chi connectivity index (χ0n) is 15.4. The summed E-state index contributed by atoms with van der Waals surface area (Å²) in [6.45, 7) is 3.47. The first-order valence-corrected chi connectivity index (χ1v) is 9.71. The van der Waals surface area contributed by atoms with Gasteiger partial charge in [0.25, 0.3) is 5.92 Å². The van der Waals surface area contributed by atoms with Crippen LogP contribution in [0.15, 0.2) is 6.07 Å². The number of carboxylic acid groups (broad SMARTS) is 1. The maximum absolute atomic E-state index is 14.7.